The molecular weight excluding hydrogens is 288 g/mol. The van der Waals surface area contributed by atoms with Gasteiger partial charge in [0, 0.05) is 0 Å². The number of ether oxygens (including phenoxy) is 3. The Hall–Kier alpha value is -0.640. The van der Waals surface area contributed by atoms with Gasteiger partial charge in [0.25, 0.3) is 0 Å². The molecule has 0 spiro atoms. The number of hydrogen-bond acceptors (Lipinski definition) is 3. The molecule has 0 amide bonds. The van der Waals surface area contributed by atoms with Crippen molar-refractivity contribution in [1.29, 1.82) is 0 Å². The highest BCUT2D eigenvalue weighted by Gasteiger charge is 2.41. The summed E-state index contributed by atoms with van der Waals surface area (Å²) in [7, 11) is 0. The lowest BCUT2D eigenvalue weighted by Gasteiger charge is -2.26. The van der Waals surface area contributed by atoms with Gasteiger partial charge in [0.1, 0.15) is 12.2 Å². The van der Waals surface area contributed by atoms with Crippen LogP contribution in [0.5, 0.6) is 0 Å². The lowest BCUT2D eigenvalue weighted by atomic mass is 9.93. The molecule has 4 atom stereocenters. The second-order valence-corrected chi connectivity index (χ2v) is 7.58. The minimum atomic E-state index is 0.234. The van der Waals surface area contributed by atoms with Crippen LogP contribution in [0.4, 0.5) is 0 Å². The molecular formula is C20H30O3. The molecule has 0 aromatic carbocycles. The fourth-order valence-corrected chi connectivity index (χ4v) is 4.00. The van der Waals surface area contributed by atoms with Gasteiger partial charge in [-0.3, -0.25) is 0 Å². The molecule has 0 aromatic heterocycles. The molecule has 2 aliphatic carbocycles. The standard InChI is InChI=1S/C20H30O3/c1-3-7-15(8-4-1)11-17(19-13-21-19)23-18(20-14-22-20)12-16-9-5-2-6-10-16/h7,9,17-20H,1-6,8,10-14H2. The van der Waals surface area contributed by atoms with Crippen molar-refractivity contribution in [1.82, 2.24) is 0 Å². The third-order valence-electron chi connectivity index (χ3n) is 5.59. The number of allylic oxidation sites excluding steroid dienone is 2. The first-order chi connectivity index (χ1) is 11.4. The number of epoxide rings is 2. The summed E-state index contributed by atoms with van der Waals surface area (Å²) in [6, 6.07) is 0. The normalized spacial score (nSPS) is 32.7. The average Bonchev–Trinajstić information content (AvgIpc) is 3.49. The Morgan fingerprint density at radius 3 is 1.65 bits per heavy atom. The van der Waals surface area contributed by atoms with Crippen LogP contribution >= 0.6 is 0 Å². The lowest BCUT2D eigenvalue weighted by molar-refractivity contribution is -0.0376. The molecule has 3 nitrogen and oxygen atoms in total. The van der Waals surface area contributed by atoms with Crippen molar-refractivity contribution in [3.05, 3.63) is 23.3 Å². The second kappa shape index (κ2) is 7.50. The van der Waals surface area contributed by atoms with Gasteiger partial charge in [-0.1, -0.05) is 23.3 Å². The minimum absolute atomic E-state index is 0.234. The summed E-state index contributed by atoms with van der Waals surface area (Å²) in [5, 5.41) is 0. The zero-order chi connectivity index (χ0) is 15.5. The molecule has 23 heavy (non-hydrogen) atoms. The van der Waals surface area contributed by atoms with E-state index in [1.807, 2.05) is 0 Å². The lowest BCUT2D eigenvalue weighted by Crippen LogP contribution is -2.31. The fraction of sp³-hybridized carbons (Fsp3) is 0.800. The first kappa shape index (κ1) is 15.9. The summed E-state index contributed by atoms with van der Waals surface area (Å²) >= 11 is 0. The highest BCUT2D eigenvalue weighted by Crippen LogP contribution is 2.33. The van der Waals surface area contributed by atoms with Gasteiger partial charge < -0.3 is 14.2 Å². The Bertz CT molecular complexity index is 418. The molecule has 2 heterocycles. The van der Waals surface area contributed by atoms with E-state index in [4.69, 9.17) is 14.2 Å². The van der Waals surface area contributed by atoms with Crippen molar-refractivity contribution in [2.45, 2.75) is 88.6 Å². The predicted octanol–water partition coefficient (Wildman–Crippen LogP) is 4.32. The van der Waals surface area contributed by atoms with E-state index in [0.717, 1.165) is 26.1 Å². The summed E-state index contributed by atoms with van der Waals surface area (Å²) in [5.74, 6) is 0. The second-order valence-electron chi connectivity index (χ2n) is 7.58. The van der Waals surface area contributed by atoms with Crippen molar-refractivity contribution < 1.29 is 14.2 Å². The first-order valence-corrected chi connectivity index (χ1v) is 9.63. The van der Waals surface area contributed by atoms with Gasteiger partial charge in [-0.25, -0.2) is 0 Å². The predicted molar refractivity (Wildman–Crippen MR) is 90.5 cm³/mol. The van der Waals surface area contributed by atoms with Crippen LogP contribution in [0.25, 0.3) is 0 Å². The van der Waals surface area contributed by atoms with Crippen molar-refractivity contribution >= 4 is 0 Å². The monoisotopic (exact) mass is 318 g/mol. The Labute approximate surface area is 140 Å². The molecule has 3 heteroatoms. The average molecular weight is 318 g/mol. The Kier molecular flexibility index (Phi) is 5.17. The van der Waals surface area contributed by atoms with Crippen LogP contribution < -0.4 is 0 Å². The van der Waals surface area contributed by atoms with Crippen LogP contribution in [0, 0.1) is 0 Å². The number of hydrogen-bond donors (Lipinski definition) is 0. The van der Waals surface area contributed by atoms with Crippen LogP contribution in [0.3, 0.4) is 0 Å². The van der Waals surface area contributed by atoms with Gasteiger partial charge in [0.05, 0.1) is 25.4 Å². The van der Waals surface area contributed by atoms with Gasteiger partial charge in [0.15, 0.2) is 0 Å². The maximum atomic E-state index is 6.57. The van der Waals surface area contributed by atoms with Gasteiger partial charge >= 0.3 is 0 Å². The van der Waals surface area contributed by atoms with Crippen LogP contribution in [-0.2, 0) is 14.2 Å². The zero-order valence-corrected chi connectivity index (χ0v) is 14.2. The molecule has 2 saturated heterocycles. The highest BCUT2D eigenvalue weighted by atomic mass is 16.6. The van der Waals surface area contributed by atoms with Gasteiger partial charge in [-0.2, -0.15) is 0 Å². The van der Waals surface area contributed by atoms with E-state index in [0.29, 0.717) is 12.2 Å². The zero-order valence-electron chi connectivity index (χ0n) is 14.2. The summed E-state index contributed by atoms with van der Waals surface area (Å²) in [6.07, 6.45) is 18.5. The van der Waals surface area contributed by atoms with E-state index in [1.165, 1.54) is 51.4 Å². The van der Waals surface area contributed by atoms with Crippen molar-refractivity contribution in [3.63, 3.8) is 0 Å². The summed E-state index contributed by atoms with van der Waals surface area (Å²) in [6.45, 7) is 1.75. The molecule has 4 rings (SSSR count). The van der Waals surface area contributed by atoms with Crippen LogP contribution in [0.2, 0.25) is 0 Å². The van der Waals surface area contributed by atoms with Crippen LogP contribution in [-0.4, -0.2) is 37.6 Å². The van der Waals surface area contributed by atoms with E-state index in [1.54, 1.807) is 11.1 Å². The maximum Gasteiger partial charge on any atom is 0.107 e. The molecule has 0 radical (unpaired) electrons. The molecule has 0 saturated carbocycles. The number of rotatable bonds is 8. The molecule has 4 aliphatic rings. The van der Waals surface area contributed by atoms with Gasteiger partial charge in [-0.05, 0) is 64.2 Å². The maximum absolute atomic E-state index is 6.57. The summed E-state index contributed by atoms with van der Waals surface area (Å²) < 4.78 is 17.8. The molecule has 0 bridgehead atoms. The first-order valence-electron chi connectivity index (χ1n) is 9.63. The third kappa shape index (κ3) is 4.68. The molecule has 4 unspecified atom stereocenters. The molecule has 0 aromatic rings. The van der Waals surface area contributed by atoms with E-state index >= 15 is 0 Å². The van der Waals surface area contributed by atoms with Crippen molar-refractivity contribution in [2.75, 3.05) is 13.2 Å². The van der Waals surface area contributed by atoms with Crippen LogP contribution in [0.1, 0.15) is 64.2 Å². The molecule has 2 fully saturated rings. The van der Waals surface area contributed by atoms with E-state index in [-0.39, 0.29) is 12.2 Å². The van der Waals surface area contributed by atoms with Crippen molar-refractivity contribution in [3.8, 4) is 0 Å². The molecule has 2 aliphatic heterocycles. The third-order valence-corrected chi connectivity index (χ3v) is 5.59. The van der Waals surface area contributed by atoms with Gasteiger partial charge in [0.2, 0.25) is 0 Å². The Balaban J connectivity index is 1.37. The van der Waals surface area contributed by atoms with E-state index < -0.39 is 0 Å². The Morgan fingerprint density at radius 1 is 0.826 bits per heavy atom. The van der Waals surface area contributed by atoms with E-state index in [2.05, 4.69) is 12.2 Å². The SMILES string of the molecule is C1=C(CC(OC(CC2=CCCCC2)C2CO2)C2CO2)CCCC1. The summed E-state index contributed by atoms with van der Waals surface area (Å²) in [4.78, 5) is 0. The molecule has 128 valence electrons. The quantitative estimate of drug-likeness (QED) is 0.494. The summed E-state index contributed by atoms with van der Waals surface area (Å²) in [5.41, 5.74) is 3.17. The van der Waals surface area contributed by atoms with E-state index in [9.17, 15) is 0 Å². The minimum Gasteiger partial charge on any atom is -0.370 e. The van der Waals surface area contributed by atoms with Gasteiger partial charge in [-0.15, -0.1) is 0 Å². The van der Waals surface area contributed by atoms with Crippen LogP contribution in [0.15, 0.2) is 23.3 Å². The largest absolute Gasteiger partial charge is 0.370 e. The fourth-order valence-electron chi connectivity index (χ4n) is 4.00. The molecule has 0 N–H and O–H groups in total. The highest BCUT2D eigenvalue weighted by molar-refractivity contribution is 5.10. The van der Waals surface area contributed by atoms with Crippen molar-refractivity contribution in [2.24, 2.45) is 0 Å². The topological polar surface area (TPSA) is 34.3 Å². The smallest absolute Gasteiger partial charge is 0.107 e. The Morgan fingerprint density at radius 2 is 1.30 bits per heavy atom.